The summed E-state index contributed by atoms with van der Waals surface area (Å²) in [5.74, 6) is -3.15. The van der Waals surface area contributed by atoms with E-state index in [1.54, 1.807) is 0 Å². The van der Waals surface area contributed by atoms with Gasteiger partial charge in [0.2, 0.25) is 0 Å². The zero-order valence-electron chi connectivity index (χ0n) is 8.43. The van der Waals surface area contributed by atoms with Gasteiger partial charge >= 0.3 is 23.6 Å². The molecule has 0 heterocycles. The lowest BCUT2D eigenvalue weighted by atomic mass is 10.5. The van der Waals surface area contributed by atoms with Crippen molar-refractivity contribution in [3.8, 4) is 0 Å². The van der Waals surface area contributed by atoms with Crippen molar-refractivity contribution in [3.05, 3.63) is 0 Å². The van der Waals surface area contributed by atoms with Crippen molar-refractivity contribution in [2.24, 2.45) is 0 Å². The highest BCUT2D eigenvalue weighted by atomic mass is 127. The van der Waals surface area contributed by atoms with Gasteiger partial charge in [0.1, 0.15) is 0 Å². The third-order valence-corrected chi connectivity index (χ3v) is 1.91. The highest BCUT2D eigenvalue weighted by molar-refractivity contribution is 14.1. The summed E-state index contributed by atoms with van der Waals surface area (Å²) in [6, 6.07) is 0. The molecule has 0 aliphatic rings. The van der Waals surface area contributed by atoms with Gasteiger partial charge in [-0.25, -0.2) is 0 Å². The zero-order valence-corrected chi connectivity index (χ0v) is 10.6. The van der Waals surface area contributed by atoms with Crippen LogP contribution in [0, 0.1) is 0 Å². The molecule has 0 saturated heterocycles. The van der Waals surface area contributed by atoms with E-state index < -0.39 is 23.6 Å². The molecule has 0 fully saturated rings. The number of amides is 4. The smallest absolute Gasteiger partial charge is 0.317 e. The normalized spacial score (nSPS) is 8.88. The lowest BCUT2D eigenvalue weighted by Gasteiger charge is -2.05. The second kappa shape index (κ2) is 7.84. The maximum absolute atomic E-state index is 10.9. The van der Waals surface area contributed by atoms with Crippen LogP contribution in [0.3, 0.4) is 0 Å². The second-order valence-electron chi connectivity index (χ2n) is 2.51. The summed E-state index contributed by atoms with van der Waals surface area (Å²) in [4.78, 5) is 43.2. The van der Waals surface area contributed by atoms with Crippen molar-refractivity contribution in [2.45, 2.75) is 0 Å². The lowest BCUT2D eigenvalue weighted by Crippen LogP contribution is -2.43. The van der Waals surface area contributed by atoms with Crippen LogP contribution in [0.25, 0.3) is 0 Å². The molecule has 0 spiro atoms. The number of hydrogen-bond acceptors (Lipinski definition) is 4. The van der Waals surface area contributed by atoms with Crippen molar-refractivity contribution in [2.75, 3.05) is 20.1 Å². The van der Waals surface area contributed by atoms with Crippen molar-refractivity contribution in [3.63, 3.8) is 0 Å². The van der Waals surface area contributed by atoms with Gasteiger partial charge in [-0.15, -0.1) is 0 Å². The fourth-order valence-corrected chi connectivity index (χ4v) is 0.914. The van der Waals surface area contributed by atoms with E-state index in [2.05, 4.69) is 19.5 Å². The molecule has 0 aromatic heterocycles. The molecule has 0 saturated carbocycles. The minimum absolute atomic E-state index is 0.0611. The summed E-state index contributed by atoms with van der Waals surface area (Å²) in [7, 11) is 1.33. The summed E-state index contributed by atoms with van der Waals surface area (Å²) < 4.78 is 2.11. The predicted molar refractivity (Wildman–Crippen MR) is 62.2 cm³/mol. The van der Waals surface area contributed by atoms with Gasteiger partial charge in [0.25, 0.3) is 0 Å². The molecule has 4 N–H and O–H groups in total. The van der Waals surface area contributed by atoms with Gasteiger partial charge in [-0.2, -0.15) is 0 Å². The Balaban J connectivity index is 3.69. The molecule has 16 heavy (non-hydrogen) atoms. The van der Waals surface area contributed by atoms with Crippen LogP contribution in [0.4, 0.5) is 0 Å². The Morgan fingerprint density at radius 3 is 1.69 bits per heavy atom. The van der Waals surface area contributed by atoms with Crippen LogP contribution in [0.1, 0.15) is 0 Å². The number of nitrogens with one attached hydrogen (secondary N) is 4. The second-order valence-corrected chi connectivity index (χ2v) is 3.05. The van der Waals surface area contributed by atoms with E-state index in [0.717, 1.165) is 0 Å². The third-order valence-electron chi connectivity index (χ3n) is 1.42. The van der Waals surface area contributed by atoms with E-state index in [0.29, 0.717) is 0 Å². The molecule has 0 atom stereocenters. The molecule has 0 bridgehead atoms. The minimum atomic E-state index is -0.802. The summed E-state index contributed by atoms with van der Waals surface area (Å²) in [6.07, 6.45) is 0. The molecule has 0 aliphatic heterocycles. The van der Waals surface area contributed by atoms with E-state index in [1.165, 1.54) is 29.9 Å². The van der Waals surface area contributed by atoms with Crippen LogP contribution < -0.4 is 19.5 Å². The van der Waals surface area contributed by atoms with E-state index in [-0.39, 0.29) is 13.1 Å². The Labute approximate surface area is 105 Å². The molecule has 0 radical (unpaired) electrons. The van der Waals surface area contributed by atoms with Crippen LogP contribution in [0.5, 0.6) is 0 Å². The van der Waals surface area contributed by atoms with Gasteiger partial charge in [0, 0.05) is 20.1 Å². The van der Waals surface area contributed by atoms with Gasteiger partial charge in [-0.3, -0.25) is 22.7 Å². The number of hydrogen-bond donors (Lipinski definition) is 4. The molecule has 9 heteroatoms. The van der Waals surface area contributed by atoms with Gasteiger partial charge < -0.3 is 16.0 Å². The Hall–Kier alpha value is -1.39. The van der Waals surface area contributed by atoms with E-state index in [1.807, 2.05) is 0 Å². The highest BCUT2D eigenvalue weighted by Crippen LogP contribution is 1.73. The van der Waals surface area contributed by atoms with E-state index in [4.69, 9.17) is 0 Å². The zero-order chi connectivity index (χ0) is 12.6. The lowest BCUT2D eigenvalue weighted by molar-refractivity contribution is -0.139. The molecule has 90 valence electrons. The monoisotopic (exact) mass is 342 g/mol. The number of carbonyl (C=O) groups excluding carboxylic acids is 4. The largest absolute Gasteiger partial charge is 0.351 e. The molecule has 0 unspecified atom stereocenters. The van der Waals surface area contributed by atoms with Crippen LogP contribution in [-0.2, 0) is 19.2 Å². The maximum atomic E-state index is 10.9. The van der Waals surface area contributed by atoms with Crippen LogP contribution in [0.15, 0.2) is 0 Å². The highest BCUT2D eigenvalue weighted by Gasteiger charge is 2.12. The topological polar surface area (TPSA) is 116 Å². The summed E-state index contributed by atoms with van der Waals surface area (Å²) in [5.41, 5.74) is 0. The van der Waals surface area contributed by atoms with Crippen LogP contribution in [-0.4, -0.2) is 43.8 Å². The van der Waals surface area contributed by atoms with Gasteiger partial charge in [0.05, 0.1) is 22.9 Å². The molecular formula is C7H11IN4O4. The Morgan fingerprint density at radius 1 is 0.875 bits per heavy atom. The molecule has 8 nitrogen and oxygen atoms in total. The number of likely N-dealkylation sites (N-methyl/N-ethyl adjacent to an activating group) is 1. The van der Waals surface area contributed by atoms with Crippen molar-refractivity contribution in [1.29, 1.82) is 0 Å². The summed E-state index contributed by atoms with van der Waals surface area (Å²) >= 11 is 1.53. The SMILES string of the molecule is CNC(=O)C(=O)NCCNC(=O)C(=O)NI. The van der Waals surface area contributed by atoms with E-state index >= 15 is 0 Å². The van der Waals surface area contributed by atoms with Gasteiger partial charge in [-0.1, -0.05) is 0 Å². The average Bonchev–Trinajstić information content (AvgIpc) is 2.31. The maximum Gasteiger partial charge on any atom is 0.317 e. The van der Waals surface area contributed by atoms with Crippen LogP contribution in [0.2, 0.25) is 0 Å². The Kier molecular flexibility index (Phi) is 7.16. The molecule has 0 aromatic rings. The molecular weight excluding hydrogens is 331 g/mol. The molecule has 0 rings (SSSR count). The van der Waals surface area contributed by atoms with Gasteiger partial charge in [-0.05, 0) is 0 Å². The third kappa shape index (κ3) is 5.48. The standard InChI is InChI=1S/C7H11IN4O4/c1-9-4(13)5(14)10-2-3-11-6(15)7(16)12-8/h2-3H2,1H3,(H,9,13)(H,10,14)(H,11,15)(H,12,16). The molecule has 0 aliphatic carbocycles. The minimum Gasteiger partial charge on any atom is -0.351 e. The van der Waals surface area contributed by atoms with Crippen molar-refractivity contribution >= 4 is 46.5 Å². The first-order valence-corrected chi connectivity index (χ1v) is 5.29. The quantitative estimate of drug-likeness (QED) is 0.195. The number of rotatable bonds is 3. The Morgan fingerprint density at radius 2 is 1.31 bits per heavy atom. The van der Waals surface area contributed by atoms with E-state index in [9.17, 15) is 19.2 Å². The Bertz CT molecular complexity index is 277. The fourth-order valence-electron chi connectivity index (χ4n) is 0.669. The summed E-state index contributed by atoms with van der Waals surface area (Å²) in [5, 5.41) is 6.63. The average molecular weight is 342 g/mol. The first kappa shape index (κ1) is 14.6. The summed E-state index contributed by atoms with van der Waals surface area (Å²) in [6.45, 7) is 0.123. The van der Waals surface area contributed by atoms with Gasteiger partial charge in [0.15, 0.2) is 0 Å². The molecule has 4 amide bonds. The predicted octanol–water partition coefficient (Wildman–Crippen LogP) is -2.57. The molecule has 0 aromatic carbocycles. The first-order chi connectivity index (χ1) is 7.52. The first-order valence-electron chi connectivity index (χ1n) is 4.21. The number of carbonyl (C=O) groups is 4. The van der Waals surface area contributed by atoms with Crippen molar-refractivity contribution in [1.82, 2.24) is 19.5 Å². The van der Waals surface area contributed by atoms with Crippen LogP contribution >= 0.6 is 22.9 Å². The van der Waals surface area contributed by atoms with Crippen molar-refractivity contribution < 1.29 is 19.2 Å². The number of halogens is 1. The fraction of sp³-hybridized carbons (Fsp3) is 0.429.